The minimum absolute atomic E-state index is 0.148. The molecule has 3 nitrogen and oxygen atoms in total. The summed E-state index contributed by atoms with van der Waals surface area (Å²) in [5.74, 6) is -0.148. The fourth-order valence-electron chi connectivity index (χ4n) is 2.19. The van der Waals surface area contributed by atoms with Gasteiger partial charge in [0.2, 0.25) is 0 Å². The van der Waals surface area contributed by atoms with Crippen molar-refractivity contribution in [2.75, 3.05) is 13.8 Å². The van der Waals surface area contributed by atoms with E-state index in [1.165, 1.54) is 31.0 Å². The maximum Gasteiger partial charge on any atom is 0.416 e. The quantitative estimate of drug-likeness (QED) is 0.836. The average molecular weight is 331 g/mol. The zero-order valence-corrected chi connectivity index (χ0v) is 13.0. The van der Waals surface area contributed by atoms with E-state index in [-0.39, 0.29) is 23.3 Å². The van der Waals surface area contributed by atoms with E-state index in [0.29, 0.717) is 17.0 Å². The summed E-state index contributed by atoms with van der Waals surface area (Å²) < 4.78 is 43.5. The van der Waals surface area contributed by atoms with Gasteiger partial charge < -0.3 is 10.1 Å². The molecule has 1 aliphatic heterocycles. The van der Waals surface area contributed by atoms with Gasteiger partial charge in [0.15, 0.2) is 5.78 Å². The fourth-order valence-corrected chi connectivity index (χ4v) is 3.34. The topological polar surface area (TPSA) is 38.3 Å². The fraction of sp³-hybridized carbons (Fsp3) is 0.400. The van der Waals surface area contributed by atoms with Crippen molar-refractivity contribution in [2.24, 2.45) is 0 Å². The van der Waals surface area contributed by atoms with E-state index in [4.69, 9.17) is 4.74 Å². The van der Waals surface area contributed by atoms with E-state index in [9.17, 15) is 18.0 Å². The molecule has 0 saturated heterocycles. The molecule has 2 rings (SSSR count). The molecule has 1 unspecified atom stereocenters. The second-order valence-corrected chi connectivity index (χ2v) is 5.98. The number of carbonyl (C=O) groups is 1. The second kappa shape index (κ2) is 6.75. The number of allylic oxidation sites excluding steroid dienone is 1. The highest BCUT2D eigenvalue weighted by atomic mass is 32.2. The summed E-state index contributed by atoms with van der Waals surface area (Å²) in [6.45, 7) is 2.06. The number of rotatable bonds is 5. The smallest absolute Gasteiger partial charge is 0.365 e. The van der Waals surface area contributed by atoms with Crippen molar-refractivity contribution in [3.63, 3.8) is 0 Å². The highest BCUT2D eigenvalue weighted by molar-refractivity contribution is 8.05. The van der Waals surface area contributed by atoms with Crippen LogP contribution in [0.1, 0.15) is 24.5 Å². The molecule has 0 aliphatic carbocycles. The third-order valence-electron chi connectivity index (χ3n) is 3.25. The van der Waals surface area contributed by atoms with Gasteiger partial charge in [0, 0.05) is 7.11 Å². The normalized spacial score (nSPS) is 19.0. The molecular formula is C15H16F3NO2S. The highest BCUT2D eigenvalue weighted by Crippen LogP contribution is 2.41. The van der Waals surface area contributed by atoms with Crippen LogP contribution in [0, 0.1) is 0 Å². The van der Waals surface area contributed by atoms with Crippen LogP contribution >= 0.6 is 11.8 Å². The van der Waals surface area contributed by atoms with Crippen LogP contribution in [0.2, 0.25) is 0 Å². The number of hydrogen-bond donors (Lipinski definition) is 1. The molecule has 0 saturated carbocycles. The summed E-state index contributed by atoms with van der Waals surface area (Å²) in [6.07, 6.45) is -3.82. The molecule has 0 aromatic heterocycles. The van der Waals surface area contributed by atoms with Crippen molar-refractivity contribution in [3.05, 3.63) is 40.4 Å². The number of halogens is 3. The van der Waals surface area contributed by atoms with Gasteiger partial charge in [-0.25, -0.2) is 0 Å². The number of carbonyl (C=O) groups excluding carboxylic acids is 1. The number of methoxy groups -OCH3 is 1. The molecule has 1 atom stereocenters. The Bertz CT molecular complexity index is 599. The second-order valence-electron chi connectivity index (χ2n) is 4.77. The van der Waals surface area contributed by atoms with E-state index in [0.717, 1.165) is 12.1 Å². The number of ether oxygens (including phenoxy) is 1. The van der Waals surface area contributed by atoms with E-state index in [1.54, 1.807) is 0 Å². The highest BCUT2D eigenvalue weighted by Gasteiger charge is 2.35. The lowest BCUT2D eigenvalue weighted by molar-refractivity contribution is -0.137. The van der Waals surface area contributed by atoms with Crippen molar-refractivity contribution < 1.29 is 22.7 Å². The zero-order chi connectivity index (χ0) is 16.3. The van der Waals surface area contributed by atoms with Gasteiger partial charge in [0.1, 0.15) is 6.73 Å². The Labute approximate surface area is 130 Å². The van der Waals surface area contributed by atoms with Crippen LogP contribution in [-0.4, -0.2) is 24.9 Å². The maximum atomic E-state index is 12.9. The summed E-state index contributed by atoms with van der Waals surface area (Å²) in [5, 5.41) is 3.24. The molecule has 1 aromatic carbocycles. The monoisotopic (exact) mass is 331 g/mol. The summed E-state index contributed by atoms with van der Waals surface area (Å²) in [4.78, 5) is 12.4. The van der Waals surface area contributed by atoms with E-state index in [2.05, 4.69) is 5.32 Å². The van der Waals surface area contributed by atoms with Gasteiger partial charge >= 0.3 is 6.18 Å². The van der Waals surface area contributed by atoms with E-state index < -0.39 is 11.7 Å². The van der Waals surface area contributed by atoms with Crippen molar-refractivity contribution in [1.29, 1.82) is 0 Å². The molecular weight excluding hydrogens is 315 g/mol. The maximum absolute atomic E-state index is 12.9. The minimum Gasteiger partial charge on any atom is -0.365 e. The minimum atomic E-state index is -4.43. The van der Waals surface area contributed by atoms with Gasteiger partial charge in [-0.05, 0) is 24.1 Å². The first kappa shape index (κ1) is 16.9. The van der Waals surface area contributed by atoms with Gasteiger partial charge in [-0.3, -0.25) is 4.79 Å². The molecule has 1 aromatic rings. The molecule has 1 N–H and O–H groups in total. The van der Waals surface area contributed by atoms with Gasteiger partial charge in [-0.2, -0.15) is 13.2 Å². The number of thioether (sulfide) groups is 1. The third-order valence-corrected chi connectivity index (χ3v) is 4.67. The first-order valence-corrected chi connectivity index (χ1v) is 7.62. The standard InChI is InChI=1S/C15H16F3NO2S/c1-3-11-13(20)12(14(22-11)19-8-21-2)9-5-4-6-10(7-9)15(16,17)18/h4-7,11,19H,3,8H2,1-2H3. The van der Waals surface area contributed by atoms with Crippen LogP contribution in [0.5, 0.6) is 0 Å². The summed E-state index contributed by atoms with van der Waals surface area (Å²) >= 11 is 1.33. The van der Waals surface area contributed by atoms with E-state index >= 15 is 0 Å². The first-order chi connectivity index (χ1) is 10.4. The van der Waals surface area contributed by atoms with Crippen LogP contribution < -0.4 is 5.32 Å². The molecule has 0 radical (unpaired) electrons. The Morgan fingerprint density at radius 1 is 1.36 bits per heavy atom. The van der Waals surface area contributed by atoms with Crippen molar-refractivity contribution in [1.82, 2.24) is 5.32 Å². The summed E-state index contributed by atoms with van der Waals surface area (Å²) in [6, 6.07) is 4.85. The molecule has 0 bridgehead atoms. The predicted molar refractivity (Wildman–Crippen MR) is 80.1 cm³/mol. The molecule has 22 heavy (non-hydrogen) atoms. The summed E-state index contributed by atoms with van der Waals surface area (Å²) in [7, 11) is 1.50. The van der Waals surface area contributed by atoms with E-state index in [1.807, 2.05) is 6.92 Å². The van der Waals surface area contributed by atoms with Crippen molar-refractivity contribution >= 4 is 23.1 Å². The lowest BCUT2D eigenvalue weighted by Gasteiger charge is -2.11. The Morgan fingerprint density at radius 2 is 2.09 bits per heavy atom. The van der Waals surface area contributed by atoms with Crippen molar-refractivity contribution in [2.45, 2.75) is 24.8 Å². The number of hydrogen-bond acceptors (Lipinski definition) is 4. The molecule has 1 aliphatic rings. The Hall–Kier alpha value is -1.47. The van der Waals surface area contributed by atoms with Gasteiger partial charge in [0.05, 0.1) is 21.4 Å². The van der Waals surface area contributed by atoms with Crippen LogP contribution in [0.15, 0.2) is 29.3 Å². The predicted octanol–water partition coefficient (Wildman–Crippen LogP) is 3.66. The van der Waals surface area contributed by atoms with Crippen LogP contribution in [0.4, 0.5) is 13.2 Å². The van der Waals surface area contributed by atoms with Crippen LogP contribution in [0.25, 0.3) is 5.57 Å². The van der Waals surface area contributed by atoms with Gasteiger partial charge in [0.25, 0.3) is 0 Å². The van der Waals surface area contributed by atoms with Gasteiger partial charge in [-0.1, -0.05) is 30.8 Å². The molecule has 0 fully saturated rings. The first-order valence-electron chi connectivity index (χ1n) is 6.74. The Kier molecular flexibility index (Phi) is 5.18. The lowest BCUT2D eigenvalue weighted by atomic mass is 9.98. The molecule has 7 heteroatoms. The average Bonchev–Trinajstić information content (AvgIpc) is 2.80. The third kappa shape index (κ3) is 3.47. The number of alkyl halides is 3. The van der Waals surface area contributed by atoms with Gasteiger partial charge in [-0.15, -0.1) is 0 Å². The van der Waals surface area contributed by atoms with Crippen molar-refractivity contribution in [3.8, 4) is 0 Å². The Balaban J connectivity index is 2.44. The van der Waals surface area contributed by atoms with Crippen LogP contribution in [0.3, 0.4) is 0 Å². The number of Topliss-reactive ketones (excluding diaryl/α,β-unsaturated/α-hetero) is 1. The number of nitrogens with one attached hydrogen (secondary N) is 1. The molecule has 0 spiro atoms. The number of ketones is 1. The summed E-state index contributed by atoms with van der Waals surface area (Å²) in [5.41, 5.74) is -0.178. The lowest BCUT2D eigenvalue weighted by Crippen LogP contribution is -2.15. The SMILES string of the molecule is CCC1SC(NCOC)=C(c2cccc(C(F)(F)F)c2)C1=O. The largest absolute Gasteiger partial charge is 0.416 e. The molecule has 1 heterocycles. The zero-order valence-electron chi connectivity index (χ0n) is 12.2. The molecule has 0 amide bonds. The Morgan fingerprint density at radius 3 is 2.68 bits per heavy atom. The van der Waals surface area contributed by atoms with Crippen LogP contribution in [-0.2, 0) is 15.7 Å². The number of benzene rings is 1. The molecule has 120 valence electrons.